The Kier molecular flexibility index (Phi) is 2.51. The first-order chi connectivity index (χ1) is 7.20. The van der Waals surface area contributed by atoms with Crippen LogP contribution in [0.15, 0.2) is 30.5 Å². The van der Waals surface area contributed by atoms with E-state index < -0.39 is 0 Å². The fourth-order valence-electron chi connectivity index (χ4n) is 1.40. The van der Waals surface area contributed by atoms with Crippen LogP contribution in [0.25, 0.3) is 5.69 Å². The van der Waals surface area contributed by atoms with Crippen molar-refractivity contribution in [2.24, 2.45) is 5.73 Å². The van der Waals surface area contributed by atoms with Crippen molar-refractivity contribution in [3.05, 3.63) is 47.5 Å². The van der Waals surface area contributed by atoms with Crippen LogP contribution in [0.3, 0.4) is 0 Å². The Morgan fingerprint density at radius 2 is 2.20 bits per heavy atom. The van der Waals surface area contributed by atoms with Gasteiger partial charge >= 0.3 is 0 Å². The van der Waals surface area contributed by atoms with Gasteiger partial charge in [0.05, 0.1) is 5.69 Å². The highest BCUT2D eigenvalue weighted by Crippen LogP contribution is 2.14. The molecule has 0 aliphatic heterocycles. The van der Waals surface area contributed by atoms with Crippen molar-refractivity contribution < 1.29 is 4.39 Å². The van der Waals surface area contributed by atoms with Gasteiger partial charge in [-0.05, 0) is 30.7 Å². The number of halogens is 1. The first-order valence-corrected chi connectivity index (χ1v) is 4.72. The third-order valence-electron chi connectivity index (χ3n) is 2.20. The Morgan fingerprint density at radius 1 is 1.40 bits per heavy atom. The zero-order valence-electron chi connectivity index (χ0n) is 8.44. The second-order valence-electron chi connectivity index (χ2n) is 3.41. The van der Waals surface area contributed by atoms with E-state index in [-0.39, 0.29) is 5.82 Å². The molecule has 1 aromatic carbocycles. The summed E-state index contributed by atoms with van der Waals surface area (Å²) in [4.78, 5) is 0. The summed E-state index contributed by atoms with van der Waals surface area (Å²) in [7, 11) is 0. The van der Waals surface area contributed by atoms with Gasteiger partial charge in [-0.15, -0.1) is 0 Å². The summed E-state index contributed by atoms with van der Waals surface area (Å²) < 4.78 is 15.0. The minimum atomic E-state index is -0.285. The van der Waals surface area contributed by atoms with Crippen LogP contribution < -0.4 is 5.73 Å². The summed E-state index contributed by atoms with van der Waals surface area (Å²) in [5, 5.41) is 4.15. The highest BCUT2D eigenvalue weighted by Gasteiger charge is 2.05. The molecule has 2 aromatic rings. The van der Waals surface area contributed by atoms with Crippen LogP contribution in [0, 0.1) is 12.7 Å². The van der Waals surface area contributed by atoms with Gasteiger partial charge in [0.25, 0.3) is 0 Å². The highest BCUT2D eigenvalue weighted by molar-refractivity contribution is 5.36. The molecule has 0 saturated heterocycles. The molecule has 0 aliphatic rings. The van der Waals surface area contributed by atoms with Gasteiger partial charge < -0.3 is 5.73 Å². The van der Waals surface area contributed by atoms with Gasteiger partial charge in [-0.25, -0.2) is 9.07 Å². The summed E-state index contributed by atoms with van der Waals surface area (Å²) in [6.07, 6.45) is 1.71. The minimum Gasteiger partial charge on any atom is -0.325 e. The quantitative estimate of drug-likeness (QED) is 0.812. The number of aromatic nitrogens is 2. The summed E-state index contributed by atoms with van der Waals surface area (Å²) in [5.41, 5.74) is 7.64. The van der Waals surface area contributed by atoms with E-state index in [4.69, 9.17) is 5.73 Å². The van der Waals surface area contributed by atoms with Crippen LogP contribution >= 0.6 is 0 Å². The Bertz CT molecular complexity index is 476. The van der Waals surface area contributed by atoms with Gasteiger partial charge in [-0.3, -0.25) is 0 Å². The first kappa shape index (κ1) is 9.86. The lowest BCUT2D eigenvalue weighted by Crippen LogP contribution is -2.02. The molecule has 1 aromatic heterocycles. The van der Waals surface area contributed by atoms with Crippen molar-refractivity contribution in [2.75, 3.05) is 0 Å². The van der Waals surface area contributed by atoms with Crippen molar-refractivity contribution in [1.29, 1.82) is 0 Å². The topological polar surface area (TPSA) is 43.8 Å². The molecule has 78 valence electrons. The van der Waals surface area contributed by atoms with Crippen LogP contribution in [-0.4, -0.2) is 9.78 Å². The van der Waals surface area contributed by atoms with E-state index >= 15 is 0 Å². The highest BCUT2D eigenvalue weighted by atomic mass is 19.1. The Morgan fingerprint density at radius 3 is 2.87 bits per heavy atom. The molecule has 1 heterocycles. The van der Waals surface area contributed by atoms with E-state index in [1.54, 1.807) is 24.4 Å². The van der Waals surface area contributed by atoms with Crippen molar-refractivity contribution in [2.45, 2.75) is 13.5 Å². The zero-order chi connectivity index (χ0) is 10.8. The van der Waals surface area contributed by atoms with E-state index in [0.29, 0.717) is 12.2 Å². The minimum absolute atomic E-state index is 0.285. The maximum atomic E-state index is 13.5. The molecule has 0 bridgehead atoms. The van der Waals surface area contributed by atoms with E-state index in [0.717, 1.165) is 11.3 Å². The second kappa shape index (κ2) is 3.82. The predicted molar refractivity (Wildman–Crippen MR) is 56.2 cm³/mol. The van der Waals surface area contributed by atoms with Gasteiger partial charge in [-0.2, -0.15) is 5.10 Å². The van der Waals surface area contributed by atoms with Gasteiger partial charge in [0.1, 0.15) is 11.5 Å². The molecule has 0 unspecified atom stereocenters. The predicted octanol–water partition coefficient (Wildman–Crippen LogP) is 1.78. The van der Waals surface area contributed by atoms with Crippen LogP contribution in [0.1, 0.15) is 11.3 Å². The van der Waals surface area contributed by atoms with E-state index in [1.165, 1.54) is 10.7 Å². The average Bonchev–Trinajstić information content (AvgIpc) is 2.70. The molecule has 0 atom stereocenters. The lowest BCUT2D eigenvalue weighted by Gasteiger charge is -2.04. The molecule has 4 heteroatoms. The molecular weight excluding hydrogens is 193 g/mol. The molecule has 2 N–H and O–H groups in total. The van der Waals surface area contributed by atoms with Crippen molar-refractivity contribution in [1.82, 2.24) is 9.78 Å². The number of nitrogens with zero attached hydrogens (tertiary/aromatic N) is 2. The molecule has 0 aliphatic carbocycles. The van der Waals surface area contributed by atoms with E-state index in [1.807, 2.05) is 6.92 Å². The van der Waals surface area contributed by atoms with Gasteiger partial charge in [0.15, 0.2) is 0 Å². The third-order valence-corrected chi connectivity index (χ3v) is 2.20. The Labute approximate surface area is 87.3 Å². The van der Waals surface area contributed by atoms with Gasteiger partial charge in [-0.1, -0.05) is 6.07 Å². The number of nitrogens with two attached hydrogens (primary N) is 1. The fraction of sp³-hybridized carbons (Fsp3) is 0.182. The molecule has 0 amide bonds. The van der Waals surface area contributed by atoms with Crippen LogP contribution in [0.2, 0.25) is 0 Å². The van der Waals surface area contributed by atoms with E-state index in [2.05, 4.69) is 5.10 Å². The monoisotopic (exact) mass is 205 g/mol. The second-order valence-corrected chi connectivity index (χ2v) is 3.41. The van der Waals surface area contributed by atoms with Crippen LogP contribution in [-0.2, 0) is 6.54 Å². The molecule has 0 saturated carbocycles. The van der Waals surface area contributed by atoms with Crippen LogP contribution in [0.4, 0.5) is 4.39 Å². The number of aryl methyl sites for hydroxylation is 1. The molecule has 2 rings (SSSR count). The normalized spacial score (nSPS) is 10.6. The summed E-state index contributed by atoms with van der Waals surface area (Å²) in [6, 6.07) is 6.70. The number of hydrogen-bond acceptors (Lipinski definition) is 2. The SMILES string of the molecule is Cc1ccc(F)c(-n2ccc(CN)n2)c1. The first-order valence-electron chi connectivity index (χ1n) is 4.72. The summed E-state index contributed by atoms with van der Waals surface area (Å²) >= 11 is 0. The molecule has 0 spiro atoms. The molecule has 3 nitrogen and oxygen atoms in total. The Balaban J connectivity index is 2.48. The molecule has 0 radical (unpaired) electrons. The fourth-order valence-corrected chi connectivity index (χ4v) is 1.40. The van der Waals surface area contributed by atoms with Crippen molar-refractivity contribution in [3.63, 3.8) is 0 Å². The summed E-state index contributed by atoms with van der Waals surface area (Å²) in [6.45, 7) is 2.27. The maximum absolute atomic E-state index is 13.5. The van der Waals surface area contributed by atoms with Crippen molar-refractivity contribution in [3.8, 4) is 5.69 Å². The lowest BCUT2D eigenvalue weighted by atomic mass is 10.2. The maximum Gasteiger partial charge on any atom is 0.148 e. The average molecular weight is 205 g/mol. The molecule has 0 fully saturated rings. The van der Waals surface area contributed by atoms with Crippen LogP contribution in [0.5, 0.6) is 0 Å². The standard InChI is InChI=1S/C11H12FN3/c1-8-2-3-10(12)11(6-8)15-5-4-9(7-13)14-15/h2-6H,7,13H2,1H3. The molecular formula is C11H12FN3. The molecule has 15 heavy (non-hydrogen) atoms. The smallest absolute Gasteiger partial charge is 0.148 e. The number of rotatable bonds is 2. The third kappa shape index (κ3) is 1.89. The van der Waals surface area contributed by atoms with E-state index in [9.17, 15) is 4.39 Å². The number of hydrogen-bond donors (Lipinski definition) is 1. The largest absolute Gasteiger partial charge is 0.325 e. The van der Waals surface area contributed by atoms with Gasteiger partial charge in [0, 0.05) is 12.7 Å². The van der Waals surface area contributed by atoms with Gasteiger partial charge in [0.2, 0.25) is 0 Å². The lowest BCUT2D eigenvalue weighted by molar-refractivity contribution is 0.609. The Hall–Kier alpha value is -1.68. The summed E-state index contributed by atoms with van der Waals surface area (Å²) in [5.74, 6) is -0.285. The number of benzene rings is 1. The van der Waals surface area contributed by atoms with Crippen molar-refractivity contribution >= 4 is 0 Å². The zero-order valence-corrected chi connectivity index (χ0v) is 8.44.